The van der Waals surface area contributed by atoms with Gasteiger partial charge in [0.25, 0.3) is 0 Å². The molecule has 108 valence electrons. The van der Waals surface area contributed by atoms with E-state index in [0.29, 0.717) is 26.1 Å². The molecule has 1 fully saturated rings. The summed E-state index contributed by atoms with van der Waals surface area (Å²) in [6.07, 6.45) is 4.96. The molecule has 0 amide bonds. The van der Waals surface area contributed by atoms with E-state index in [1.807, 2.05) is 20.8 Å². The Kier molecular flexibility index (Phi) is 6.32. The van der Waals surface area contributed by atoms with Crippen LogP contribution >= 0.6 is 7.60 Å². The van der Waals surface area contributed by atoms with E-state index in [-0.39, 0.29) is 5.66 Å². The molecule has 0 aromatic heterocycles. The van der Waals surface area contributed by atoms with Gasteiger partial charge in [0.1, 0.15) is 0 Å². The SMILES string of the molecule is CCC[C@@]1(O)CCCC[C@@H]1P(=O)(OCC)OCC. The van der Waals surface area contributed by atoms with E-state index in [2.05, 4.69) is 0 Å². The van der Waals surface area contributed by atoms with Crippen LogP contribution in [0.25, 0.3) is 0 Å². The lowest BCUT2D eigenvalue weighted by atomic mass is 9.81. The van der Waals surface area contributed by atoms with Crippen LogP contribution in [0, 0.1) is 0 Å². The lowest BCUT2D eigenvalue weighted by molar-refractivity contribution is -0.0103. The predicted molar refractivity (Wildman–Crippen MR) is 73.0 cm³/mol. The molecule has 0 aromatic rings. The van der Waals surface area contributed by atoms with Gasteiger partial charge < -0.3 is 14.2 Å². The fourth-order valence-electron chi connectivity index (χ4n) is 2.96. The summed E-state index contributed by atoms with van der Waals surface area (Å²) in [7, 11) is -3.20. The van der Waals surface area contributed by atoms with Gasteiger partial charge in [0.2, 0.25) is 0 Å². The van der Waals surface area contributed by atoms with Crippen molar-refractivity contribution in [3.8, 4) is 0 Å². The van der Waals surface area contributed by atoms with Crippen LogP contribution in [0.15, 0.2) is 0 Å². The minimum absolute atomic E-state index is 0.357. The summed E-state index contributed by atoms with van der Waals surface area (Å²) in [5.74, 6) is 0. The second-order valence-electron chi connectivity index (χ2n) is 4.99. The number of rotatable bonds is 7. The second kappa shape index (κ2) is 7.04. The van der Waals surface area contributed by atoms with Gasteiger partial charge in [0.05, 0.1) is 24.5 Å². The van der Waals surface area contributed by atoms with E-state index >= 15 is 0 Å². The van der Waals surface area contributed by atoms with E-state index < -0.39 is 13.2 Å². The molecule has 0 saturated heterocycles. The first kappa shape index (κ1) is 16.2. The van der Waals surface area contributed by atoms with Crippen molar-refractivity contribution in [2.75, 3.05) is 13.2 Å². The monoisotopic (exact) mass is 278 g/mol. The molecule has 4 nitrogen and oxygen atoms in total. The van der Waals surface area contributed by atoms with Gasteiger partial charge in [-0.05, 0) is 33.1 Å². The lowest BCUT2D eigenvalue weighted by Gasteiger charge is -2.42. The van der Waals surface area contributed by atoms with E-state index in [4.69, 9.17) is 9.05 Å². The van der Waals surface area contributed by atoms with Gasteiger partial charge in [-0.2, -0.15) is 0 Å². The Morgan fingerprint density at radius 1 is 1.22 bits per heavy atom. The Morgan fingerprint density at radius 2 is 1.83 bits per heavy atom. The Labute approximate surface area is 111 Å². The minimum Gasteiger partial charge on any atom is -0.389 e. The highest BCUT2D eigenvalue weighted by molar-refractivity contribution is 7.54. The number of hydrogen-bond acceptors (Lipinski definition) is 4. The van der Waals surface area contributed by atoms with Gasteiger partial charge in [-0.3, -0.25) is 4.57 Å². The predicted octanol–water partition coefficient (Wildman–Crippen LogP) is 3.73. The van der Waals surface area contributed by atoms with Crippen molar-refractivity contribution in [1.29, 1.82) is 0 Å². The summed E-state index contributed by atoms with van der Waals surface area (Å²) in [6.45, 7) is 6.38. The summed E-state index contributed by atoms with van der Waals surface area (Å²) in [6, 6.07) is 0. The fourth-order valence-corrected chi connectivity index (χ4v) is 5.46. The molecule has 18 heavy (non-hydrogen) atoms. The molecule has 1 saturated carbocycles. The van der Waals surface area contributed by atoms with Crippen molar-refractivity contribution in [2.45, 2.75) is 70.6 Å². The normalized spacial score (nSPS) is 29.4. The smallest absolute Gasteiger partial charge is 0.336 e. The molecule has 0 radical (unpaired) electrons. The van der Waals surface area contributed by atoms with Crippen LogP contribution in [-0.4, -0.2) is 29.6 Å². The third kappa shape index (κ3) is 3.57. The second-order valence-corrected chi connectivity index (χ2v) is 7.21. The molecule has 0 unspecified atom stereocenters. The van der Waals surface area contributed by atoms with Gasteiger partial charge in [-0.1, -0.05) is 26.2 Å². The molecule has 0 aromatic carbocycles. The molecule has 0 bridgehead atoms. The van der Waals surface area contributed by atoms with Crippen LogP contribution in [0.3, 0.4) is 0 Å². The summed E-state index contributed by atoms with van der Waals surface area (Å²) in [4.78, 5) is 0. The maximum absolute atomic E-state index is 12.9. The molecule has 2 atom stereocenters. The molecule has 5 heteroatoms. The Morgan fingerprint density at radius 3 is 2.33 bits per heavy atom. The van der Waals surface area contributed by atoms with Crippen molar-refractivity contribution in [2.24, 2.45) is 0 Å². The first-order valence-electron chi connectivity index (χ1n) is 7.13. The van der Waals surface area contributed by atoms with Gasteiger partial charge in [0, 0.05) is 0 Å². The Hall–Kier alpha value is 0.110. The molecule has 0 heterocycles. The molecule has 1 aliphatic rings. The van der Waals surface area contributed by atoms with E-state index in [1.165, 1.54) is 0 Å². The maximum atomic E-state index is 12.9. The molecule has 1 N–H and O–H groups in total. The fraction of sp³-hybridized carbons (Fsp3) is 1.00. The van der Waals surface area contributed by atoms with Crippen molar-refractivity contribution < 1.29 is 18.7 Å². The maximum Gasteiger partial charge on any atom is 0.336 e. The quantitative estimate of drug-likeness (QED) is 0.721. The molecular weight excluding hydrogens is 251 g/mol. The standard InChI is InChI=1S/C13H27O4P/c1-4-10-13(14)11-8-7-9-12(13)18(15,16-5-2)17-6-3/h12,14H,4-11H2,1-3H3/t12-,13+/m0/s1. The van der Waals surface area contributed by atoms with Crippen LogP contribution in [0.2, 0.25) is 0 Å². The number of aliphatic hydroxyl groups is 1. The summed E-state index contributed by atoms with van der Waals surface area (Å²) >= 11 is 0. The topological polar surface area (TPSA) is 55.8 Å². The average Bonchev–Trinajstić information content (AvgIpc) is 2.30. The Bertz CT molecular complexity index is 281. The third-order valence-electron chi connectivity index (χ3n) is 3.64. The van der Waals surface area contributed by atoms with Crippen molar-refractivity contribution in [1.82, 2.24) is 0 Å². The van der Waals surface area contributed by atoms with Gasteiger partial charge >= 0.3 is 7.60 Å². The third-order valence-corrected chi connectivity index (χ3v) is 6.38. The van der Waals surface area contributed by atoms with Crippen LogP contribution in [0.4, 0.5) is 0 Å². The molecule has 1 rings (SSSR count). The zero-order chi connectivity index (χ0) is 13.6. The Balaban J connectivity index is 2.95. The van der Waals surface area contributed by atoms with Crippen molar-refractivity contribution in [3.05, 3.63) is 0 Å². The zero-order valence-corrected chi connectivity index (χ0v) is 12.7. The number of hydrogen-bond donors (Lipinski definition) is 1. The largest absolute Gasteiger partial charge is 0.389 e. The van der Waals surface area contributed by atoms with Gasteiger partial charge in [-0.25, -0.2) is 0 Å². The summed E-state index contributed by atoms with van der Waals surface area (Å²) in [5, 5.41) is 10.8. The molecular formula is C13H27O4P. The summed E-state index contributed by atoms with van der Waals surface area (Å²) in [5.41, 5.74) is -1.24. The first-order valence-corrected chi connectivity index (χ1v) is 8.74. The van der Waals surface area contributed by atoms with Gasteiger partial charge in [-0.15, -0.1) is 0 Å². The van der Waals surface area contributed by atoms with E-state index in [1.54, 1.807) is 0 Å². The highest BCUT2D eigenvalue weighted by Gasteiger charge is 2.50. The average molecular weight is 278 g/mol. The van der Waals surface area contributed by atoms with Crippen LogP contribution in [-0.2, 0) is 13.6 Å². The van der Waals surface area contributed by atoms with Crippen LogP contribution in [0.5, 0.6) is 0 Å². The van der Waals surface area contributed by atoms with Crippen LogP contribution in [0.1, 0.15) is 59.3 Å². The first-order chi connectivity index (χ1) is 8.52. The summed E-state index contributed by atoms with van der Waals surface area (Å²) < 4.78 is 23.7. The highest BCUT2D eigenvalue weighted by Crippen LogP contribution is 2.60. The van der Waals surface area contributed by atoms with Crippen LogP contribution < -0.4 is 0 Å². The zero-order valence-electron chi connectivity index (χ0n) is 11.9. The van der Waals surface area contributed by atoms with E-state index in [9.17, 15) is 9.67 Å². The molecule has 0 aliphatic heterocycles. The molecule has 0 spiro atoms. The van der Waals surface area contributed by atoms with Gasteiger partial charge in [0.15, 0.2) is 0 Å². The minimum atomic E-state index is -3.20. The van der Waals surface area contributed by atoms with Crippen molar-refractivity contribution in [3.63, 3.8) is 0 Å². The van der Waals surface area contributed by atoms with Crippen molar-refractivity contribution >= 4 is 7.60 Å². The van der Waals surface area contributed by atoms with E-state index in [0.717, 1.165) is 25.7 Å². The highest BCUT2D eigenvalue weighted by atomic mass is 31.2. The molecule has 1 aliphatic carbocycles. The lowest BCUT2D eigenvalue weighted by Crippen LogP contribution is -2.45.